The van der Waals surface area contributed by atoms with E-state index in [0.717, 1.165) is 35.1 Å². The van der Waals surface area contributed by atoms with E-state index >= 15 is 0 Å². The van der Waals surface area contributed by atoms with Gasteiger partial charge in [0.25, 0.3) is 0 Å². The molecule has 1 aromatic rings. The molecule has 2 amide bonds. The summed E-state index contributed by atoms with van der Waals surface area (Å²) in [6.45, 7) is 3.20. The number of rotatable bonds is 1. The first-order chi connectivity index (χ1) is 9.56. The van der Waals surface area contributed by atoms with E-state index in [4.69, 9.17) is 0 Å². The van der Waals surface area contributed by atoms with Gasteiger partial charge in [0.05, 0.1) is 0 Å². The highest BCUT2D eigenvalue weighted by molar-refractivity contribution is 9.10. The van der Waals surface area contributed by atoms with Crippen LogP contribution >= 0.6 is 15.9 Å². The van der Waals surface area contributed by atoms with Gasteiger partial charge in [-0.15, -0.1) is 0 Å². The molecule has 0 N–H and O–H groups in total. The number of carbonyl (C=O) groups is 2. The Hall–Kier alpha value is -1.36. The Kier molecular flexibility index (Phi) is 3.54. The molecule has 2 aliphatic heterocycles. The number of aryl methyl sites for hydroxylation is 1. The summed E-state index contributed by atoms with van der Waals surface area (Å²) >= 11 is 3.47. The van der Waals surface area contributed by atoms with Crippen molar-refractivity contribution in [2.24, 2.45) is 0 Å². The second-order valence-corrected chi connectivity index (χ2v) is 6.39. The van der Waals surface area contributed by atoms with Crippen molar-refractivity contribution in [3.05, 3.63) is 28.2 Å². The molecule has 2 saturated heterocycles. The van der Waals surface area contributed by atoms with Crippen molar-refractivity contribution < 1.29 is 9.59 Å². The van der Waals surface area contributed by atoms with E-state index in [1.54, 1.807) is 9.80 Å². The fourth-order valence-corrected chi connectivity index (χ4v) is 3.69. The van der Waals surface area contributed by atoms with Gasteiger partial charge in [-0.2, -0.15) is 0 Å². The van der Waals surface area contributed by atoms with Crippen molar-refractivity contribution in [2.75, 3.05) is 18.0 Å². The Morgan fingerprint density at radius 2 is 2.00 bits per heavy atom. The van der Waals surface area contributed by atoms with Crippen LogP contribution in [0.4, 0.5) is 5.69 Å². The minimum atomic E-state index is -0.260. The van der Waals surface area contributed by atoms with Crippen LogP contribution in [-0.4, -0.2) is 35.8 Å². The van der Waals surface area contributed by atoms with Crippen LogP contribution in [0.15, 0.2) is 22.7 Å². The molecule has 0 spiro atoms. The predicted molar refractivity (Wildman–Crippen MR) is 80.6 cm³/mol. The molecule has 2 aliphatic rings. The summed E-state index contributed by atoms with van der Waals surface area (Å²) < 4.78 is 0.958. The van der Waals surface area contributed by atoms with Gasteiger partial charge in [-0.25, -0.2) is 0 Å². The molecule has 20 heavy (non-hydrogen) atoms. The number of hydrogen-bond donors (Lipinski definition) is 0. The Bertz CT molecular complexity index is 553. The summed E-state index contributed by atoms with van der Waals surface area (Å²) in [6, 6.07) is 5.70. The highest BCUT2D eigenvalue weighted by Gasteiger charge is 2.39. The van der Waals surface area contributed by atoms with Gasteiger partial charge in [0.1, 0.15) is 6.04 Å². The first-order valence-corrected chi connectivity index (χ1v) is 7.73. The number of amides is 2. The SMILES string of the molecule is Cc1cc(Br)cc(N2CCC(=O)N3CCCC3C2=O)c1. The normalized spacial score (nSPS) is 23.0. The molecule has 2 fully saturated rings. The second kappa shape index (κ2) is 5.20. The average Bonchev–Trinajstić information content (AvgIpc) is 2.82. The molecule has 3 rings (SSSR count). The number of hydrogen-bond acceptors (Lipinski definition) is 2. The Labute approximate surface area is 126 Å². The van der Waals surface area contributed by atoms with E-state index in [1.807, 2.05) is 25.1 Å². The standard InChI is InChI=1S/C15H17BrN2O2/c1-10-7-11(16)9-12(8-10)17-6-4-14(19)18-5-2-3-13(18)15(17)20/h7-9,13H,2-6H2,1H3. The van der Waals surface area contributed by atoms with Crippen LogP contribution in [-0.2, 0) is 9.59 Å². The lowest BCUT2D eigenvalue weighted by Crippen LogP contribution is -2.43. The maximum absolute atomic E-state index is 12.7. The molecule has 1 unspecified atom stereocenters. The molecular weight excluding hydrogens is 320 g/mol. The highest BCUT2D eigenvalue weighted by atomic mass is 79.9. The molecule has 2 heterocycles. The van der Waals surface area contributed by atoms with E-state index in [1.165, 1.54) is 0 Å². The van der Waals surface area contributed by atoms with E-state index in [0.29, 0.717) is 13.0 Å². The molecular formula is C15H17BrN2O2. The van der Waals surface area contributed by atoms with Gasteiger partial charge in [0.2, 0.25) is 11.8 Å². The minimum Gasteiger partial charge on any atom is -0.331 e. The van der Waals surface area contributed by atoms with Gasteiger partial charge < -0.3 is 9.80 Å². The van der Waals surface area contributed by atoms with E-state index < -0.39 is 0 Å². The molecule has 1 aromatic carbocycles. The Balaban J connectivity index is 1.96. The van der Waals surface area contributed by atoms with Crippen LogP contribution in [0.2, 0.25) is 0 Å². The monoisotopic (exact) mass is 336 g/mol. The molecule has 4 nitrogen and oxygen atoms in total. The van der Waals surface area contributed by atoms with Crippen LogP contribution in [0, 0.1) is 6.92 Å². The Morgan fingerprint density at radius 1 is 1.20 bits per heavy atom. The van der Waals surface area contributed by atoms with Crippen LogP contribution < -0.4 is 4.90 Å². The number of halogens is 1. The molecule has 1 atom stereocenters. The second-order valence-electron chi connectivity index (χ2n) is 5.47. The summed E-state index contributed by atoms with van der Waals surface area (Å²) in [7, 11) is 0. The van der Waals surface area contributed by atoms with Crippen molar-refractivity contribution in [3.63, 3.8) is 0 Å². The van der Waals surface area contributed by atoms with Gasteiger partial charge in [-0.3, -0.25) is 9.59 Å². The zero-order valence-corrected chi connectivity index (χ0v) is 13.0. The van der Waals surface area contributed by atoms with E-state index in [-0.39, 0.29) is 17.9 Å². The van der Waals surface area contributed by atoms with Crippen molar-refractivity contribution in [1.82, 2.24) is 4.90 Å². The van der Waals surface area contributed by atoms with E-state index in [9.17, 15) is 9.59 Å². The van der Waals surface area contributed by atoms with Gasteiger partial charge in [-0.1, -0.05) is 15.9 Å². The maximum Gasteiger partial charge on any atom is 0.249 e. The topological polar surface area (TPSA) is 40.6 Å². The molecule has 0 radical (unpaired) electrons. The number of carbonyl (C=O) groups excluding carboxylic acids is 2. The van der Waals surface area contributed by atoms with Gasteiger partial charge in [0, 0.05) is 29.7 Å². The number of benzene rings is 1. The van der Waals surface area contributed by atoms with Crippen LogP contribution in [0.1, 0.15) is 24.8 Å². The number of nitrogens with zero attached hydrogens (tertiary/aromatic N) is 2. The zero-order valence-electron chi connectivity index (χ0n) is 11.4. The third kappa shape index (κ3) is 2.35. The number of fused-ring (bicyclic) bond motifs is 1. The Morgan fingerprint density at radius 3 is 2.75 bits per heavy atom. The molecule has 5 heteroatoms. The van der Waals surface area contributed by atoms with Crippen LogP contribution in [0.25, 0.3) is 0 Å². The first-order valence-electron chi connectivity index (χ1n) is 6.94. The minimum absolute atomic E-state index is 0.0610. The van der Waals surface area contributed by atoms with Crippen LogP contribution in [0.5, 0.6) is 0 Å². The predicted octanol–water partition coefficient (Wildman–Crippen LogP) is 2.49. The molecule has 106 valence electrons. The summed E-state index contributed by atoms with van der Waals surface area (Å²) in [6.07, 6.45) is 2.12. The van der Waals surface area contributed by atoms with Gasteiger partial charge >= 0.3 is 0 Å². The molecule has 0 aliphatic carbocycles. The zero-order chi connectivity index (χ0) is 14.3. The van der Waals surface area contributed by atoms with Crippen molar-refractivity contribution in [3.8, 4) is 0 Å². The molecule has 0 bridgehead atoms. The average molecular weight is 337 g/mol. The largest absolute Gasteiger partial charge is 0.331 e. The lowest BCUT2D eigenvalue weighted by Gasteiger charge is -2.25. The quantitative estimate of drug-likeness (QED) is 0.790. The molecule has 0 saturated carbocycles. The summed E-state index contributed by atoms with van der Waals surface area (Å²) in [5.41, 5.74) is 1.98. The summed E-state index contributed by atoms with van der Waals surface area (Å²) in [5, 5.41) is 0. The van der Waals surface area contributed by atoms with E-state index in [2.05, 4.69) is 15.9 Å². The smallest absolute Gasteiger partial charge is 0.249 e. The van der Waals surface area contributed by atoms with Crippen molar-refractivity contribution in [2.45, 2.75) is 32.2 Å². The van der Waals surface area contributed by atoms with Crippen molar-refractivity contribution in [1.29, 1.82) is 0 Å². The highest BCUT2D eigenvalue weighted by Crippen LogP contribution is 2.29. The lowest BCUT2D eigenvalue weighted by molar-refractivity contribution is -0.135. The first kappa shape index (κ1) is 13.6. The molecule has 0 aromatic heterocycles. The van der Waals surface area contributed by atoms with Crippen molar-refractivity contribution >= 4 is 33.4 Å². The third-order valence-corrected chi connectivity index (χ3v) is 4.47. The van der Waals surface area contributed by atoms with Crippen LogP contribution in [0.3, 0.4) is 0 Å². The lowest BCUT2D eigenvalue weighted by atomic mass is 10.1. The third-order valence-electron chi connectivity index (χ3n) is 4.01. The van der Waals surface area contributed by atoms with Gasteiger partial charge in [0.15, 0.2) is 0 Å². The summed E-state index contributed by atoms with van der Waals surface area (Å²) in [4.78, 5) is 28.3. The fourth-order valence-electron chi connectivity index (χ4n) is 3.09. The van der Waals surface area contributed by atoms with Gasteiger partial charge in [-0.05, 0) is 43.5 Å². The number of anilines is 1. The summed E-state index contributed by atoms with van der Waals surface area (Å²) in [5.74, 6) is 0.168. The maximum atomic E-state index is 12.7. The fraction of sp³-hybridized carbons (Fsp3) is 0.467.